The Morgan fingerprint density at radius 1 is 1.21 bits per heavy atom. The SMILES string of the molecule is CCNC(c1ccccc1Cl)C1CCC(C)C(C)C1. The number of hydrogen-bond acceptors (Lipinski definition) is 1. The molecule has 0 radical (unpaired) electrons. The first-order chi connectivity index (χ1) is 9.13. The van der Waals surface area contributed by atoms with Crippen LogP contribution in [0.1, 0.15) is 51.6 Å². The van der Waals surface area contributed by atoms with Gasteiger partial charge in [0, 0.05) is 11.1 Å². The molecule has 0 bridgehead atoms. The monoisotopic (exact) mass is 279 g/mol. The molecule has 1 aliphatic carbocycles. The molecule has 2 rings (SSSR count). The lowest BCUT2D eigenvalue weighted by atomic mass is 9.72. The molecule has 1 saturated carbocycles. The first kappa shape index (κ1) is 14.9. The van der Waals surface area contributed by atoms with E-state index < -0.39 is 0 Å². The third kappa shape index (κ3) is 3.52. The molecule has 0 spiro atoms. The molecular formula is C17H26ClN. The predicted octanol–water partition coefficient (Wildman–Crippen LogP) is 5.06. The van der Waals surface area contributed by atoms with Crippen LogP contribution in [0.4, 0.5) is 0 Å². The standard InChI is InChI=1S/C17H26ClN/c1-4-19-17(15-7-5-6-8-16(15)18)14-10-9-12(2)13(3)11-14/h5-8,12-14,17,19H,4,9-11H2,1-3H3. The Morgan fingerprint density at radius 3 is 2.58 bits per heavy atom. The fourth-order valence-corrected chi connectivity index (χ4v) is 3.62. The minimum absolute atomic E-state index is 0.411. The van der Waals surface area contributed by atoms with Crippen LogP contribution in [0.25, 0.3) is 0 Å². The van der Waals surface area contributed by atoms with Gasteiger partial charge in [0.05, 0.1) is 0 Å². The quantitative estimate of drug-likeness (QED) is 0.812. The van der Waals surface area contributed by atoms with Crippen LogP contribution in [0.15, 0.2) is 24.3 Å². The first-order valence-corrected chi connectivity index (χ1v) is 7.99. The van der Waals surface area contributed by atoms with Gasteiger partial charge in [-0.1, -0.05) is 57.0 Å². The molecule has 0 aliphatic heterocycles. The smallest absolute Gasteiger partial charge is 0.0453 e. The molecule has 4 unspecified atom stereocenters. The van der Waals surface area contributed by atoms with Gasteiger partial charge in [-0.2, -0.15) is 0 Å². The molecule has 106 valence electrons. The number of halogens is 1. The van der Waals surface area contributed by atoms with Crippen LogP contribution in [0.3, 0.4) is 0 Å². The highest BCUT2D eigenvalue weighted by atomic mass is 35.5. The molecule has 2 heteroatoms. The lowest BCUT2D eigenvalue weighted by Crippen LogP contribution is -2.33. The molecule has 1 nitrogen and oxygen atoms in total. The van der Waals surface area contributed by atoms with Gasteiger partial charge in [-0.15, -0.1) is 0 Å². The molecule has 0 heterocycles. The number of nitrogens with one attached hydrogen (secondary N) is 1. The van der Waals surface area contributed by atoms with Crippen molar-refractivity contribution in [3.8, 4) is 0 Å². The van der Waals surface area contributed by atoms with Crippen LogP contribution in [-0.4, -0.2) is 6.54 Å². The van der Waals surface area contributed by atoms with Crippen LogP contribution >= 0.6 is 11.6 Å². The van der Waals surface area contributed by atoms with Crippen LogP contribution in [-0.2, 0) is 0 Å². The van der Waals surface area contributed by atoms with Crippen molar-refractivity contribution >= 4 is 11.6 Å². The molecule has 0 saturated heterocycles. The van der Waals surface area contributed by atoms with Crippen molar-refractivity contribution in [3.05, 3.63) is 34.9 Å². The first-order valence-electron chi connectivity index (χ1n) is 7.61. The molecule has 0 aromatic heterocycles. The maximum atomic E-state index is 6.40. The van der Waals surface area contributed by atoms with Crippen molar-refractivity contribution in [1.29, 1.82) is 0 Å². The van der Waals surface area contributed by atoms with Crippen molar-refractivity contribution < 1.29 is 0 Å². The second-order valence-electron chi connectivity index (χ2n) is 6.08. The van der Waals surface area contributed by atoms with Gasteiger partial charge in [-0.3, -0.25) is 0 Å². The summed E-state index contributed by atoms with van der Waals surface area (Å²) in [5, 5.41) is 4.56. The van der Waals surface area contributed by atoms with Gasteiger partial charge in [-0.25, -0.2) is 0 Å². The van der Waals surface area contributed by atoms with Crippen molar-refractivity contribution in [1.82, 2.24) is 5.32 Å². The fraction of sp³-hybridized carbons (Fsp3) is 0.647. The van der Waals surface area contributed by atoms with Crippen LogP contribution in [0.2, 0.25) is 5.02 Å². The summed E-state index contributed by atoms with van der Waals surface area (Å²) < 4.78 is 0. The van der Waals surface area contributed by atoms with Gasteiger partial charge < -0.3 is 5.32 Å². The predicted molar refractivity (Wildman–Crippen MR) is 83.5 cm³/mol. The molecular weight excluding hydrogens is 254 g/mol. The molecule has 1 fully saturated rings. The van der Waals surface area contributed by atoms with E-state index in [2.05, 4.69) is 38.2 Å². The molecule has 1 aromatic rings. The molecule has 1 N–H and O–H groups in total. The normalized spacial score (nSPS) is 29.2. The van der Waals surface area contributed by atoms with Crippen LogP contribution in [0.5, 0.6) is 0 Å². The summed E-state index contributed by atoms with van der Waals surface area (Å²) in [6.45, 7) is 7.96. The highest BCUT2D eigenvalue weighted by molar-refractivity contribution is 6.31. The minimum atomic E-state index is 0.411. The van der Waals surface area contributed by atoms with Gasteiger partial charge in [0.1, 0.15) is 0 Å². The van der Waals surface area contributed by atoms with Crippen molar-refractivity contribution in [2.75, 3.05) is 6.54 Å². The average Bonchev–Trinajstić information content (AvgIpc) is 2.40. The van der Waals surface area contributed by atoms with Gasteiger partial charge in [0.2, 0.25) is 0 Å². The van der Waals surface area contributed by atoms with E-state index in [0.29, 0.717) is 12.0 Å². The fourth-order valence-electron chi connectivity index (χ4n) is 3.37. The van der Waals surface area contributed by atoms with E-state index in [1.165, 1.54) is 24.8 Å². The molecule has 1 aromatic carbocycles. The largest absolute Gasteiger partial charge is 0.310 e. The lowest BCUT2D eigenvalue weighted by molar-refractivity contribution is 0.172. The summed E-state index contributed by atoms with van der Waals surface area (Å²) in [6, 6.07) is 8.71. The summed E-state index contributed by atoms with van der Waals surface area (Å²) in [5.41, 5.74) is 1.28. The average molecular weight is 280 g/mol. The highest BCUT2D eigenvalue weighted by Gasteiger charge is 2.31. The van der Waals surface area contributed by atoms with E-state index in [1.54, 1.807) is 0 Å². The number of rotatable bonds is 4. The zero-order valence-electron chi connectivity index (χ0n) is 12.3. The summed E-state index contributed by atoms with van der Waals surface area (Å²) in [4.78, 5) is 0. The topological polar surface area (TPSA) is 12.0 Å². The molecule has 0 amide bonds. The number of benzene rings is 1. The van der Waals surface area contributed by atoms with E-state index in [-0.39, 0.29) is 0 Å². The van der Waals surface area contributed by atoms with Crippen LogP contribution < -0.4 is 5.32 Å². The summed E-state index contributed by atoms with van der Waals surface area (Å²) >= 11 is 6.40. The number of hydrogen-bond donors (Lipinski definition) is 1. The van der Waals surface area contributed by atoms with E-state index in [0.717, 1.165) is 23.4 Å². The summed E-state index contributed by atoms with van der Waals surface area (Å²) in [6.07, 6.45) is 3.97. The van der Waals surface area contributed by atoms with E-state index >= 15 is 0 Å². The third-order valence-corrected chi connectivity index (χ3v) is 5.12. The Labute approximate surface area is 122 Å². The van der Waals surface area contributed by atoms with E-state index in [1.807, 2.05) is 12.1 Å². The lowest BCUT2D eigenvalue weighted by Gasteiger charge is -2.37. The Kier molecular flexibility index (Phi) is 5.29. The Hall–Kier alpha value is -0.530. The van der Waals surface area contributed by atoms with E-state index in [9.17, 15) is 0 Å². The maximum Gasteiger partial charge on any atom is 0.0453 e. The Morgan fingerprint density at radius 2 is 1.95 bits per heavy atom. The summed E-state index contributed by atoms with van der Waals surface area (Å²) in [7, 11) is 0. The molecule has 19 heavy (non-hydrogen) atoms. The third-order valence-electron chi connectivity index (χ3n) is 4.77. The van der Waals surface area contributed by atoms with Crippen LogP contribution in [0, 0.1) is 17.8 Å². The zero-order chi connectivity index (χ0) is 13.8. The Bertz CT molecular complexity index is 404. The van der Waals surface area contributed by atoms with Crippen molar-refractivity contribution in [2.45, 2.75) is 46.1 Å². The van der Waals surface area contributed by atoms with Crippen molar-refractivity contribution in [3.63, 3.8) is 0 Å². The van der Waals surface area contributed by atoms with Gasteiger partial charge >= 0.3 is 0 Å². The minimum Gasteiger partial charge on any atom is -0.310 e. The molecule has 1 aliphatic rings. The summed E-state index contributed by atoms with van der Waals surface area (Å²) in [5.74, 6) is 2.40. The van der Waals surface area contributed by atoms with Gasteiger partial charge in [-0.05, 0) is 48.8 Å². The Balaban J connectivity index is 2.19. The molecule has 4 atom stereocenters. The van der Waals surface area contributed by atoms with Crippen molar-refractivity contribution in [2.24, 2.45) is 17.8 Å². The highest BCUT2D eigenvalue weighted by Crippen LogP contribution is 2.41. The second-order valence-corrected chi connectivity index (χ2v) is 6.49. The van der Waals surface area contributed by atoms with Gasteiger partial charge in [0.15, 0.2) is 0 Å². The second kappa shape index (κ2) is 6.76. The van der Waals surface area contributed by atoms with E-state index in [4.69, 9.17) is 11.6 Å². The maximum absolute atomic E-state index is 6.40. The zero-order valence-corrected chi connectivity index (χ0v) is 13.1. The van der Waals surface area contributed by atoms with Gasteiger partial charge in [0.25, 0.3) is 0 Å².